The van der Waals surface area contributed by atoms with Crippen LogP contribution in [-0.2, 0) is 14.8 Å². The molecule has 6 heteroatoms. The molecule has 0 bridgehead atoms. The highest BCUT2D eigenvalue weighted by atomic mass is 16.7. The van der Waals surface area contributed by atoms with Gasteiger partial charge in [-0.05, 0) is 68.4 Å². The number of benzene rings is 4. The maximum atomic E-state index is 6.44. The number of hydrogen-bond acceptors (Lipinski definition) is 4. The zero-order chi connectivity index (χ0) is 26.5. The second-order valence-electron chi connectivity index (χ2n) is 11.1. The quantitative estimate of drug-likeness (QED) is 0.223. The third-order valence-electron chi connectivity index (χ3n) is 8.18. The molecule has 2 heterocycles. The van der Waals surface area contributed by atoms with Crippen molar-refractivity contribution < 1.29 is 9.31 Å². The molecule has 0 unspecified atom stereocenters. The number of nitrogens with zero attached hydrogens (tertiary/aromatic N) is 3. The van der Waals surface area contributed by atoms with Crippen LogP contribution in [0, 0.1) is 6.92 Å². The zero-order valence-electron chi connectivity index (χ0n) is 22.6. The second-order valence-corrected chi connectivity index (χ2v) is 11.1. The SMILES string of the molecule is Cc1cc(B2OC(C)(C)C(C)(C)O2)cc2c1nnn2C(c1ccccc1)(c1ccccc1)c1ccccc1. The van der Waals surface area contributed by atoms with Crippen molar-refractivity contribution in [2.45, 2.75) is 51.4 Å². The monoisotopic (exact) mass is 501 g/mol. The summed E-state index contributed by atoms with van der Waals surface area (Å²) in [7, 11) is -0.481. The van der Waals surface area contributed by atoms with Crippen molar-refractivity contribution in [3.05, 3.63) is 125 Å². The zero-order valence-corrected chi connectivity index (χ0v) is 22.6. The summed E-state index contributed by atoms with van der Waals surface area (Å²) < 4.78 is 14.9. The summed E-state index contributed by atoms with van der Waals surface area (Å²) in [6, 6.07) is 35.8. The van der Waals surface area contributed by atoms with Gasteiger partial charge in [-0.1, -0.05) is 102 Å². The van der Waals surface area contributed by atoms with Gasteiger partial charge >= 0.3 is 7.12 Å². The molecule has 4 aromatic carbocycles. The first-order chi connectivity index (χ1) is 18.2. The van der Waals surface area contributed by atoms with Crippen LogP contribution in [0.2, 0.25) is 0 Å². The van der Waals surface area contributed by atoms with Crippen molar-refractivity contribution in [2.24, 2.45) is 0 Å². The standard InChI is InChI=1S/C32H32BN3O2/c1-23-21-27(33-37-30(2,3)31(4,5)38-33)22-28-29(23)34-35-36(28)32(24-15-9-6-10-16-24,25-17-11-7-12-18-25)26-19-13-8-14-20-26/h6-22H,1-5H3. The first-order valence-electron chi connectivity index (χ1n) is 13.1. The van der Waals surface area contributed by atoms with Crippen LogP contribution in [0.15, 0.2) is 103 Å². The van der Waals surface area contributed by atoms with Crippen LogP contribution >= 0.6 is 0 Å². The molecule has 0 spiro atoms. The van der Waals surface area contributed by atoms with Gasteiger partial charge in [-0.3, -0.25) is 0 Å². The van der Waals surface area contributed by atoms with Crippen molar-refractivity contribution in [1.29, 1.82) is 0 Å². The molecule has 1 saturated heterocycles. The highest BCUT2D eigenvalue weighted by Crippen LogP contribution is 2.42. The third-order valence-corrected chi connectivity index (χ3v) is 8.18. The number of fused-ring (bicyclic) bond motifs is 1. The Morgan fingerprint density at radius 1 is 0.684 bits per heavy atom. The van der Waals surface area contributed by atoms with Gasteiger partial charge in [-0.25, -0.2) is 4.68 Å². The lowest BCUT2D eigenvalue weighted by atomic mass is 9.76. The normalized spacial score (nSPS) is 16.7. The van der Waals surface area contributed by atoms with E-state index in [0.717, 1.165) is 38.8 Å². The van der Waals surface area contributed by atoms with Gasteiger partial charge < -0.3 is 9.31 Å². The summed E-state index contributed by atoms with van der Waals surface area (Å²) in [6.45, 7) is 10.4. The van der Waals surface area contributed by atoms with Crippen LogP contribution in [-0.4, -0.2) is 33.3 Å². The van der Waals surface area contributed by atoms with E-state index in [9.17, 15) is 0 Å². The Morgan fingerprint density at radius 3 is 1.58 bits per heavy atom. The van der Waals surface area contributed by atoms with Crippen LogP contribution < -0.4 is 5.46 Å². The predicted molar refractivity (Wildman–Crippen MR) is 153 cm³/mol. The molecular formula is C32H32BN3O2. The Balaban J connectivity index is 1.66. The van der Waals surface area contributed by atoms with Gasteiger partial charge in [0.25, 0.3) is 0 Å². The average molecular weight is 501 g/mol. The maximum Gasteiger partial charge on any atom is 0.494 e. The minimum atomic E-state index is -0.750. The topological polar surface area (TPSA) is 49.2 Å². The molecule has 38 heavy (non-hydrogen) atoms. The summed E-state index contributed by atoms with van der Waals surface area (Å²) in [5.74, 6) is 0. The number of aromatic nitrogens is 3. The van der Waals surface area contributed by atoms with E-state index in [1.54, 1.807) is 0 Å². The van der Waals surface area contributed by atoms with Crippen LogP contribution in [0.5, 0.6) is 0 Å². The Bertz CT molecular complexity index is 1470. The molecule has 0 amide bonds. The van der Waals surface area contributed by atoms with E-state index in [4.69, 9.17) is 19.6 Å². The molecular weight excluding hydrogens is 469 g/mol. The van der Waals surface area contributed by atoms with E-state index in [1.807, 2.05) is 18.2 Å². The van der Waals surface area contributed by atoms with Gasteiger partial charge in [0.2, 0.25) is 0 Å². The lowest BCUT2D eigenvalue weighted by molar-refractivity contribution is 0.00578. The van der Waals surface area contributed by atoms with Gasteiger partial charge in [0.1, 0.15) is 11.1 Å². The van der Waals surface area contributed by atoms with Gasteiger partial charge in [-0.15, -0.1) is 5.10 Å². The molecule has 0 atom stereocenters. The smallest absolute Gasteiger partial charge is 0.399 e. The van der Waals surface area contributed by atoms with Gasteiger partial charge in [-0.2, -0.15) is 0 Å². The molecule has 6 rings (SSSR count). The molecule has 0 radical (unpaired) electrons. The fourth-order valence-corrected chi connectivity index (χ4v) is 5.49. The Hall–Kier alpha value is -3.74. The van der Waals surface area contributed by atoms with Crippen LogP contribution in [0.25, 0.3) is 11.0 Å². The molecule has 1 aliphatic rings. The number of aryl methyl sites for hydroxylation is 1. The summed E-state index contributed by atoms with van der Waals surface area (Å²) >= 11 is 0. The predicted octanol–water partition coefficient (Wildman–Crippen LogP) is 5.88. The van der Waals surface area contributed by atoms with Gasteiger partial charge in [0, 0.05) is 0 Å². The lowest BCUT2D eigenvalue weighted by Gasteiger charge is -2.36. The van der Waals surface area contributed by atoms with E-state index in [0.29, 0.717) is 0 Å². The molecule has 1 fully saturated rings. The summed E-state index contributed by atoms with van der Waals surface area (Å²) in [5, 5.41) is 9.58. The minimum Gasteiger partial charge on any atom is -0.399 e. The van der Waals surface area contributed by atoms with Crippen molar-refractivity contribution in [3.8, 4) is 0 Å². The van der Waals surface area contributed by atoms with E-state index >= 15 is 0 Å². The summed E-state index contributed by atoms with van der Waals surface area (Å²) in [5.41, 5.74) is 5.46. The third kappa shape index (κ3) is 3.70. The average Bonchev–Trinajstić information content (AvgIpc) is 3.44. The Kier molecular flexibility index (Phi) is 5.78. The Morgan fingerprint density at radius 2 is 1.13 bits per heavy atom. The van der Waals surface area contributed by atoms with Crippen LogP contribution in [0.3, 0.4) is 0 Å². The molecule has 5 aromatic rings. The number of hydrogen-bond donors (Lipinski definition) is 0. The summed E-state index contributed by atoms with van der Waals surface area (Å²) in [6.07, 6.45) is 0. The van der Waals surface area contributed by atoms with Crippen molar-refractivity contribution in [3.63, 3.8) is 0 Å². The summed E-state index contributed by atoms with van der Waals surface area (Å²) in [4.78, 5) is 0. The second kappa shape index (κ2) is 8.93. The molecule has 0 aliphatic carbocycles. The molecule has 5 nitrogen and oxygen atoms in total. The highest BCUT2D eigenvalue weighted by molar-refractivity contribution is 6.62. The molecule has 0 saturated carbocycles. The van der Waals surface area contributed by atoms with E-state index in [1.165, 1.54) is 0 Å². The van der Waals surface area contributed by atoms with Crippen molar-refractivity contribution in [2.75, 3.05) is 0 Å². The minimum absolute atomic E-state index is 0.430. The van der Waals surface area contributed by atoms with Crippen LogP contribution in [0.1, 0.15) is 49.9 Å². The number of rotatable bonds is 5. The van der Waals surface area contributed by atoms with Crippen molar-refractivity contribution >= 4 is 23.6 Å². The maximum absolute atomic E-state index is 6.44. The molecule has 190 valence electrons. The lowest BCUT2D eigenvalue weighted by Crippen LogP contribution is -2.41. The van der Waals surface area contributed by atoms with Crippen LogP contribution in [0.4, 0.5) is 0 Å². The van der Waals surface area contributed by atoms with E-state index in [2.05, 4.69) is 124 Å². The Labute approximate surface area is 224 Å². The van der Waals surface area contributed by atoms with Crippen molar-refractivity contribution in [1.82, 2.24) is 15.0 Å². The first kappa shape index (κ1) is 24.6. The van der Waals surface area contributed by atoms with Gasteiger partial charge in [0.15, 0.2) is 0 Å². The van der Waals surface area contributed by atoms with Gasteiger partial charge in [0.05, 0.1) is 16.7 Å². The fourth-order valence-electron chi connectivity index (χ4n) is 5.49. The first-order valence-corrected chi connectivity index (χ1v) is 13.1. The van der Waals surface area contributed by atoms with E-state index < -0.39 is 23.9 Å². The molecule has 0 N–H and O–H groups in total. The largest absolute Gasteiger partial charge is 0.494 e. The highest BCUT2D eigenvalue weighted by Gasteiger charge is 2.52. The van der Waals surface area contributed by atoms with E-state index in [-0.39, 0.29) is 0 Å². The fraction of sp³-hybridized carbons (Fsp3) is 0.250. The molecule has 1 aromatic heterocycles. The molecule has 1 aliphatic heterocycles.